The number of carbonyl (C=O) groups is 2. The number of rotatable bonds is 9. The van der Waals surface area contributed by atoms with Gasteiger partial charge in [-0.25, -0.2) is 4.98 Å². The normalized spacial score (nSPS) is 13.6. The van der Waals surface area contributed by atoms with E-state index < -0.39 is 17.7 Å². The van der Waals surface area contributed by atoms with Gasteiger partial charge >= 0.3 is 12.1 Å². The van der Waals surface area contributed by atoms with E-state index in [0.717, 1.165) is 48.3 Å². The Morgan fingerprint density at radius 1 is 0.972 bits per heavy atom. The van der Waals surface area contributed by atoms with E-state index in [4.69, 9.17) is 5.11 Å². The van der Waals surface area contributed by atoms with Crippen LogP contribution >= 0.6 is 0 Å². The molecule has 4 rings (SSSR count). The van der Waals surface area contributed by atoms with Crippen molar-refractivity contribution in [2.45, 2.75) is 44.4 Å². The van der Waals surface area contributed by atoms with Gasteiger partial charge in [-0.2, -0.15) is 13.2 Å². The minimum absolute atomic E-state index is 0.0482. The number of hydrogen-bond acceptors (Lipinski definition) is 4. The second-order valence-corrected chi connectivity index (χ2v) is 8.79. The topological polar surface area (TPSA) is 82.5 Å². The summed E-state index contributed by atoms with van der Waals surface area (Å²) in [5.41, 5.74) is 2.27. The Bertz CT molecular complexity index is 1190. The lowest BCUT2D eigenvalue weighted by molar-refractivity contribution is -0.138. The number of carboxylic acids is 1. The third-order valence-electron chi connectivity index (χ3n) is 6.30. The number of amides is 1. The molecule has 6 nitrogen and oxygen atoms in total. The quantitative estimate of drug-likeness (QED) is 0.406. The van der Waals surface area contributed by atoms with Crippen LogP contribution in [0.25, 0.3) is 11.1 Å². The molecule has 1 fully saturated rings. The Balaban J connectivity index is 1.44. The Kier molecular flexibility index (Phi) is 7.57. The summed E-state index contributed by atoms with van der Waals surface area (Å²) in [6.07, 6.45) is 0.211. The highest BCUT2D eigenvalue weighted by atomic mass is 19.4. The van der Waals surface area contributed by atoms with Gasteiger partial charge in [0, 0.05) is 25.3 Å². The minimum atomic E-state index is -4.36. The molecule has 2 aromatic carbocycles. The number of benzene rings is 2. The van der Waals surface area contributed by atoms with Crippen molar-refractivity contribution in [3.05, 3.63) is 83.6 Å². The van der Waals surface area contributed by atoms with Gasteiger partial charge in [-0.15, -0.1) is 0 Å². The molecule has 188 valence electrons. The van der Waals surface area contributed by atoms with Crippen molar-refractivity contribution in [1.29, 1.82) is 0 Å². The van der Waals surface area contributed by atoms with Gasteiger partial charge in [0.2, 0.25) is 0 Å². The number of nitrogens with zero attached hydrogens (tertiary/aromatic N) is 2. The molecule has 0 unspecified atom stereocenters. The van der Waals surface area contributed by atoms with Crippen molar-refractivity contribution < 1.29 is 27.9 Å². The number of carbonyl (C=O) groups excluding carboxylic acids is 1. The number of anilines is 1. The van der Waals surface area contributed by atoms with E-state index in [1.165, 1.54) is 18.3 Å². The maximum absolute atomic E-state index is 12.8. The molecule has 1 aliphatic rings. The van der Waals surface area contributed by atoms with E-state index in [9.17, 15) is 22.8 Å². The number of carboxylic acid groups (broad SMARTS) is 1. The van der Waals surface area contributed by atoms with E-state index in [0.29, 0.717) is 23.7 Å². The zero-order chi connectivity index (χ0) is 25.7. The Morgan fingerprint density at radius 2 is 1.61 bits per heavy atom. The lowest BCUT2D eigenvalue weighted by Gasteiger charge is -2.38. The monoisotopic (exact) mass is 497 g/mol. The van der Waals surface area contributed by atoms with Crippen LogP contribution in [0.5, 0.6) is 0 Å². The van der Waals surface area contributed by atoms with Crippen LogP contribution in [0.4, 0.5) is 19.0 Å². The van der Waals surface area contributed by atoms with E-state index in [-0.39, 0.29) is 18.9 Å². The van der Waals surface area contributed by atoms with Crippen molar-refractivity contribution in [1.82, 2.24) is 10.3 Å². The summed E-state index contributed by atoms with van der Waals surface area (Å²) in [5, 5.41) is 11.3. The van der Waals surface area contributed by atoms with Crippen molar-refractivity contribution in [3.8, 4) is 11.1 Å². The highest BCUT2D eigenvalue weighted by Gasteiger charge is 2.30. The van der Waals surface area contributed by atoms with Gasteiger partial charge in [0.15, 0.2) is 0 Å². The van der Waals surface area contributed by atoms with Gasteiger partial charge < -0.3 is 15.3 Å². The molecule has 1 saturated carbocycles. The molecular formula is C27H26F3N3O3. The minimum Gasteiger partial charge on any atom is -0.481 e. The molecule has 3 aromatic rings. The molecule has 2 N–H and O–H groups in total. The Labute approximate surface area is 206 Å². The van der Waals surface area contributed by atoms with Crippen LogP contribution in [-0.2, 0) is 17.5 Å². The van der Waals surface area contributed by atoms with Crippen LogP contribution in [0.15, 0.2) is 66.9 Å². The predicted molar refractivity (Wildman–Crippen MR) is 130 cm³/mol. The van der Waals surface area contributed by atoms with Crippen molar-refractivity contribution in [2.75, 3.05) is 11.4 Å². The van der Waals surface area contributed by atoms with Gasteiger partial charge in [0.1, 0.15) is 5.82 Å². The summed E-state index contributed by atoms with van der Waals surface area (Å²) >= 11 is 0. The number of nitrogens with one attached hydrogen (secondary N) is 1. The molecule has 0 spiro atoms. The number of alkyl halides is 3. The standard InChI is InChI=1S/C27H26F3N3O3/c28-27(29,30)22-11-8-20(9-12-22)19-6-4-18(5-7-19)17-33(23-2-1-3-23)24-13-10-21(16-32-24)26(36)31-15-14-25(34)35/h4-13,16,23H,1-3,14-15,17H2,(H,31,36)(H,34,35). The van der Waals surface area contributed by atoms with Crippen LogP contribution in [0.3, 0.4) is 0 Å². The smallest absolute Gasteiger partial charge is 0.416 e. The lowest BCUT2D eigenvalue weighted by Crippen LogP contribution is -2.40. The molecule has 9 heteroatoms. The molecule has 36 heavy (non-hydrogen) atoms. The molecule has 1 aromatic heterocycles. The van der Waals surface area contributed by atoms with Gasteiger partial charge in [-0.3, -0.25) is 9.59 Å². The van der Waals surface area contributed by atoms with E-state index >= 15 is 0 Å². The van der Waals surface area contributed by atoms with Gasteiger partial charge in [0.05, 0.1) is 17.5 Å². The Morgan fingerprint density at radius 3 is 2.11 bits per heavy atom. The van der Waals surface area contributed by atoms with Crippen LogP contribution < -0.4 is 10.2 Å². The van der Waals surface area contributed by atoms with Gasteiger partial charge in [-0.1, -0.05) is 36.4 Å². The zero-order valence-electron chi connectivity index (χ0n) is 19.5. The SMILES string of the molecule is O=C(O)CCNC(=O)c1ccc(N(Cc2ccc(-c3ccc(C(F)(F)F)cc3)cc2)C2CCC2)nc1. The van der Waals surface area contributed by atoms with Gasteiger partial charge in [-0.05, 0) is 60.2 Å². The first-order valence-electron chi connectivity index (χ1n) is 11.7. The van der Waals surface area contributed by atoms with Crippen molar-refractivity contribution >= 4 is 17.7 Å². The predicted octanol–water partition coefficient (Wildman–Crippen LogP) is 5.53. The lowest BCUT2D eigenvalue weighted by atomic mass is 9.91. The molecule has 1 heterocycles. The molecular weight excluding hydrogens is 471 g/mol. The molecule has 1 aliphatic carbocycles. The first-order valence-corrected chi connectivity index (χ1v) is 11.7. The molecule has 0 bridgehead atoms. The summed E-state index contributed by atoms with van der Waals surface area (Å²) in [5.74, 6) is -0.606. The first kappa shape index (κ1) is 25.2. The fourth-order valence-corrected chi connectivity index (χ4v) is 4.02. The summed E-state index contributed by atoms with van der Waals surface area (Å²) in [6.45, 7) is 0.654. The zero-order valence-corrected chi connectivity index (χ0v) is 19.5. The fourth-order valence-electron chi connectivity index (χ4n) is 4.02. The number of aromatic nitrogens is 1. The van der Waals surface area contributed by atoms with Crippen molar-refractivity contribution in [2.24, 2.45) is 0 Å². The maximum atomic E-state index is 12.8. The first-order chi connectivity index (χ1) is 17.2. The highest BCUT2D eigenvalue weighted by Crippen LogP contribution is 2.32. The average Bonchev–Trinajstić information content (AvgIpc) is 2.82. The summed E-state index contributed by atoms with van der Waals surface area (Å²) in [6, 6.07) is 16.6. The van der Waals surface area contributed by atoms with E-state index in [2.05, 4.69) is 15.2 Å². The average molecular weight is 498 g/mol. The second-order valence-electron chi connectivity index (χ2n) is 8.79. The van der Waals surface area contributed by atoms with Crippen LogP contribution in [0.1, 0.15) is 47.2 Å². The molecule has 0 atom stereocenters. The third-order valence-corrected chi connectivity index (χ3v) is 6.30. The van der Waals surface area contributed by atoms with Crippen LogP contribution in [0.2, 0.25) is 0 Å². The number of pyridine rings is 1. The fraction of sp³-hybridized carbons (Fsp3) is 0.296. The molecule has 1 amide bonds. The van der Waals surface area contributed by atoms with Crippen molar-refractivity contribution in [3.63, 3.8) is 0 Å². The maximum Gasteiger partial charge on any atom is 0.416 e. The number of hydrogen-bond donors (Lipinski definition) is 2. The molecule has 0 aliphatic heterocycles. The second kappa shape index (κ2) is 10.8. The van der Waals surface area contributed by atoms with E-state index in [1.807, 2.05) is 24.3 Å². The highest BCUT2D eigenvalue weighted by molar-refractivity contribution is 5.94. The summed E-state index contributed by atoms with van der Waals surface area (Å²) < 4.78 is 38.5. The third kappa shape index (κ3) is 6.21. The van der Waals surface area contributed by atoms with E-state index in [1.54, 1.807) is 12.1 Å². The molecule has 0 radical (unpaired) electrons. The summed E-state index contributed by atoms with van der Waals surface area (Å²) in [4.78, 5) is 29.5. The summed E-state index contributed by atoms with van der Waals surface area (Å²) in [7, 11) is 0. The van der Waals surface area contributed by atoms with Crippen LogP contribution in [-0.4, -0.2) is 34.6 Å². The molecule has 0 saturated heterocycles. The Hall–Kier alpha value is -3.88. The number of aliphatic carboxylic acids is 1. The van der Waals surface area contributed by atoms with Gasteiger partial charge in [0.25, 0.3) is 5.91 Å². The van der Waals surface area contributed by atoms with Crippen LogP contribution in [0, 0.1) is 0 Å². The largest absolute Gasteiger partial charge is 0.481 e. The number of halogens is 3.